The van der Waals surface area contributed by atoms with Gasteiger partial charge in [-0.2, -0.15) is 5.10 Å². The molecule has 0 unspecified atom stereocenters. The molecule has 27 heavy (non-hydrogen) atoms. The van der Waals surface area contributed by atoms with Gasteiger partial charge in [0.25, 0.3) is 0 Å². The first-order valence-corrected chi connectivity index (χ1v) is 8.73. The summed E-state index contributed by atoms with van der Waals surface area (Å²) < 4.78 is 5.21. The smallest absolute Gasteiger partial charge is 0.240 e. The Morgan fingerprint density at radius 3 is 2.33 bits per heavy atom. The van der Waals surface area contributed by atoms with Gasteiger partial charge in [-0.15, -0.1) is 0 Å². The minimum Gasteiger partial charge on any atom is -0.496 e. The number of carbonyl (C=O) groups excluding carboxylic acids is 2. The van der Waals surface area contributed by atoms with Gasteiger partial charge in [0.15, 0.2) is 0 Å². The standard InChI is InChI=1S/C21H25N3O3/c1-14-11-15(2)21(16(3)12-14)23-19(25)9-10-20(26)24-22-13-17-7-5-6-8-18(17)27-4/h5-8,11-13H,9-10H2,1-4H3,(H,23,25)(H,24,26)/b22-13+. The molecule has 0 fully saturated rings. The molecular weight excluding hydrogens is 342 g/mol. The maximum atomic E-state index is 12.1. The van der Waals surface area contributed by atoms with Crippen LogP contribution in [0.15, 0.2) is 41.5 Å². The molecule has 0 bridgehead atoms. The first-order chi connectivity index (χ1) is 12.9. The predicted octanol–water partition coefficient (Wildman–Crippen LogP) is 3.49. The number of nitrogens with one attached hydrogen (secondary N) is 2. The zero-order valence-corrected chi connectivity index (χ0v) is 16.1. The van der Waals surface area contributed by atoms with Gasteiger partial charge in [0.05, 0.1) is 13.3 Å². The van der Waals surface area contributed by atoms with E-state index in [2.05, 4.69) is 15.8 Å². The Bertz CT molecular complexity index is 836. The Morgan fingerprint density at radius 2 is 1.67 bits per heavy atom. The summed E-state index contributed by atoms with van der Waals surface area (Å²) in [6.45, 7) is 5.92. The topological polar surface area (TPSA) is 79.8 Å². The highest BCUT2D eigenvalue weighted by molar-refractivity contribution is 5.94. The van der Waals surface area contributed by atoms with Gasteiger partial charge in [0.1, 0.15) is 5.75 Å². The number of hydrazone groups is 1. The minimum atomic E-state index is -0.325. The Kier molecular flexibility index (Phi) is 7.11. The molecule has 2 aromatic rings. The molecule has 0 saturated carbocycles. The molecular formula is C21H25N3O3. The minimum absolute atomic E-state index is 0.0546. The fourth-order valence-electron chi connectivity index (χ4n) is 2.81. The summed E-state index contributed by atoms with van der Waals surface area (Å²) in [5.74, 6) is 0.140. The molecule has 0 spiro atoms. The molecule has 0 radical (unpaired) electrons. The Hall–Kier alpha value is -3.15. The highest BCUT2D eigenvalue weighted by Crippen LogP contribution is 2.22. The van der Waals surface area contributed by atoms with E-state index in [1.807, 2.05) is 57.2 Å². The van der Waals surface area contributed by atoms with E-state index in [0.29, 0.717) is 5.75 Å². The van der Waals surface area contributed by atoms with Gasteiger partial charge in [0.2, 0.25) is 11.8 Å². The maximum Gasteiger partial charge on any atom is 0.240 e. The van der Waals surface area contributed by atoms with Gasteiger partial charge in [-0.25, -0.2) is 5.43 Å². The van der Waals surface area contributed by atoms with Crippen molar-refractivity contribution in [3.8, 4) is 5.75 Å². The highest BCUT2D eigenvalue weighted by atomic mass is 16.5. The van der Waals surface area contributed by atoms with Crippen LogP contribution in [-0.2, 0) is 9.59 Å². The molecule has 0 atom stereocenters. The predicted molar refractivity (Wildman–Crippen MR) is 107 cm³/mol. The largest absolute Gasteiger partial charge is 0.496 e. The summed E-state index contributed by atoms with van der Waals surface area (Å²) in [4.78, 5) is 24.0. The van der Waals surface area contributed by atoms with Crippen LogP contribution in [0.5, 0.6) is 5.75 Å². The molecule has 0 heterocycles. The summed E-state index contributed by atoms with van der Waals surface area (Å²) in [6, 6.07) is 11.4. The number of rotatable bonds is 7. The van der Waals surface area contributed by atoms with Crippen molar-refractivity contribution >= 4 is 23.7 Å². The van der Waals surface area contributed by atoms with Crippen LogP contribution in [-0.4, -0.2) is 25.1 Å². The molecule has 6 heteroatoms. The monoisotopic (exact) mass is 367 g/mol. The molecule has 6 nitrogen and oxygen atoms in total. The molecule has 2 aromatic carbocycles. The molecule has 0 saturated heterocycles. The third-order valence-electron chi connectivity index (χ3n) is 4.05. The number of aryl methyl sites for hydroxylation is 3. The number of benzene rings is 2. The Balaban J connectivity index is 1.83. The van der Waals surface area contributed by atoms with Crippen molar-refractivity contribution in [2.45, 2.75) is 33.6 Å². The zero-order valence-electron chi connectivity index (χ0n) is 16.1. The van der Waals surface area contributed by atoms with E-state index >= 15 is 0 Å². The van der Waals surface area contributed by atoms with Crippen LogP contribution in [0.1, 0.15) is 35.1 Å². The zero-order chi connectivity index (χ0) is 19.8. The first kappa shape index (κ1) is 20.2. The molecule has 0 aromatic heterocycles. The second-order valence-corrected chi connectivity index (χ2v) is 6.36. The van der Waals surface area contributed by atoms with Crippen molar-refractivity contribution in [1.29, 1.82) is 0 Å². The fourth-order valence-corrected chi connectivity index (χ4v) is 2.81. The number of hydrogen-bond acceptors (Lipinski definition) is 4. The second kappa shape index (κ2) is 9.52. The molecule has 2 amide bonds. The lowest BCUT2D eigenvalue weighted by Gasteiger charge is -2.12. The molecule has 0 aliphatic rings. The van der Waals surface area contributed by atoms with Gasteiger partial charge in [-0.1, -0.05) is 29.8 Å². The van der Waals surface area contributed by atoms with Crippen LogP contribution < -0.4 is 15.5 Å². The van der Waals surface area contributed by atoms with Gasteiger partial charge in [-0.3, -0.25) is 9.59 Å². The third-order valence-corrected chi connectivity index (χ3v) is 4.05. The number of carbonyl (C=O) groups is 2. The van der Waals surface area contributed by atoms with E-state index < -0.39 is 0 Å². The van der Waals surface area contributed by atoms with Crippen LogP contribution in [0, 0.1) is 20.8 Å². The van der Waals surface area contributed by atoms with Gasteiger partial charge in [0, 0.05) is 24.1 Å². The molecule has 2 rings (SSSR count). The molecule has 0 aliphatic carbocycles. The number of methoxy groups -OCH3 is 1. The van der Waals surface area contributed by atoms with Crippen LogP contribution in [0.25, 0.3) is 0 Å². The van der Waals surface area contributed by atoms with E-state index in [1.165, 1.54) is 6.21 Å². The van der Waals surface area contributed by atoms with Crippen molar-refractivity contribution in [3.63, 3.8) is 0 Å². The van der Waals surface area contributed by atoms with Crippen molar-refractivity contribution in [2.24, 2.45) is 5.10 Å². The van der Waals surface area contributed by atoms with Crippen molar-refractivity contribution in [2.75, 3.05) is 12.4 Å². The number of hydrogen-bond donors (Lipinski definition) is 2. The quantitative estimate of drug-likeness (QED) is 0.581. The first-order valence-electron chi connectivity index (χ1n) is 8.73. The van der Waals surface area contributed by atoms with Crippen LogP contribution in [0.3, 0.4) is 0 Å². The van der Waals surface area contributed by atoms with E-state index in [0.717, 1.165) is 27.9 Å². The van der Waals surface area contributed by atoms with Gasteiger partial charge >= 0.3 is 0 Å². The maximum absolute atomic E-state index is 12.1. The van der Waals surface area contributed by atoms with Crippen LogP contribution in [0.2, 0.25) is 0 Å². The second-order valence-electron chi connectivity index (χ2n) is 6.36. The van der Waals surface area contributed by atoms with E-state index in [1.54, 1.807) is 7.11 Å². The Labute approximate surface area is 159 Å². The van der Waals surface area contributed by atoms with Gasteiger partial charge < -0.3 is 10.1 Å². The number of ether oxygens (including phenoxy) is 1. The molecule has 142 valence electrons. The van der Waals surface area contributed by atoms with Gasteiger partial charge in [-0.05, 0) is 44.0 Å². The number of anilines is 1. The summed E-state index contributed by atoms with van der Waals surface area (Å²) in [5.41, 5.74) is 7.15. The number of amides is 2. The van der Waals surface area contributed by atoms with Crippen molar-refractivity contribution < 1.29 is 14.3 Å². The summed E-state index contributed by atoms with van der Waals surface area (Å²) >= 11 is 0. The summed E-state index contributed by atoms with van der Waals surface area (Å²) in [7, 11) is 1.57. The van der Waals surface area contributed by atoms with E-state index in [4.69, 9.17) is 4.74 Å². The average molecular weight is 367 g/mol. The third kappa shape index (κ3) is 5.95. The number of para-hydroxylation sites is 1. The molecule has 2 N–H and O–H groups in total. The average Bonchev–Trinajstić information content (AvgIpc) is 2.63. The lowest BCUT2D eigenvalue weighted by atomic mass is 10.0. The lowest BCUT2D eigenvalue weighted by Crippen LogP contribution is -2.21. The van der Waals surface area contributed by atoms with Crippen molar-refractivity contribution in [1.82, 2.24) is 5.43 Å². The molecule has 0 aliphatic heterocycles. The van der Waals surface area contributed by atoms with E-state index in [9.17, 15) is 9.59 Å². The van der Waals surface area contributed by atoms with Crippen LogP contribution >= 0.6 is 0 Å². The van der Waals surface area contributed by atoms with Crippen molar-refractivity contribution in [3.05, 3.63) is 58.7 Å². The van der Waals surface area contributed by atoms with E-state index in [-0.39, 0.29) is 24.7 Å². The Morgan fingerprint density at radius 1 is 1.04 bits per heavy atom. The SMILES string of the molecule is COc1ccccc1/C=N/NC(=O)CCC(=O)Nc1c(C)cc(C)cc1C. The summed E-state index contributed by atoms with van der Waals surface area (Å²) in [5, 5.41) is 6.80. The normalized spacial score (nSPS) is 10.7. The fraction of sp³-hybridized carbons (Fsp3) is 0.286. The summed E-state index contributed by atoms with van der Waals surface area (Å²) in [6.07, 6.45) is 1.65. The lowest BCUT2D eigenvalue weighted by molar-refractivity contribution is -0.124. The number of nitrogens with zero attached hydrogens (tertiary/aromatic N) is 1. The highest BCUT2D eigenvalue weighted by Gasteiger charge is 2.10. The van der Waals surface area contributed by atoms with Crippen LogP contribution in [0.4, 0.5) is 5.69 Å².